The van der Waals surface area contributed by atoms with Crippen LogP contribution in [0.5, 0.6) is 0 Å². The lowest BCUT2D eigenvalue weighted by molar-refractivity contribution is -0.116. The van der Waals surface area contributed by atoms with Gasteiger partial charge in [-0.15, -0.1) is 0 Å². The second-order valence-corrected chi connectivity index (χ2v) is 6.02. The van der Waals surface area contributed by atoms with Gasteiger partial charge in [-0.05, 0) is 54.5 Å². The van der Waals surface area contributed by atoms with Crippen LogP contribution in [0.2, 0.25) is 0 Å². The average molecular weight is 309 g/mol. The van der Waals surface area contributed by atoms with Gasteiger partial charge >= 0.3 is 0 Å². The second-order valence-electron chi connectivity index (χ2n) is 6.02. The van der Waals surface area contributed by atoms with Crippen molar-refractivity contribution >= 4 is 11.6 Å². The van der Waals surface area contributed by atoms with Crippen LogP contribution in [-0.4, -0.2) is 5.91 Å². The largest absolute Gasteiger partial charge is 0.326 e. The molecule has 0 bridgehead atoms. The number of hydrogen-bond donors (Lipinski definition) is 1. The highest BCUT2D eigenvalue weighted by atomic mass is 16.1. The third kappa shape index (κ3) is 5.90. The van der Waals surface area contributed by atoms with E-state index >= 15 is 0 Å². The van der Waals surface area contributed by atoms with E-state index in [2.05, 4.69) is 55.6 Å². The topological polar surface area (TPSA) is 29.1 Å². The van der Waals surface area contributed by atoms with E-state index < -0.39 is 0 Å². The molecule has 2 heteroatoms. The van der Waals surface area contributed by atoms with E-state index in [0.717, 1.165) is 24.9 Å². The van der Waals surface area contributed by atoms with Gasteiger partial charge in [0.05, 0.1) is 0 Å². The zero-order valence-electron chi connectivity index (χ0n) is 14.3. The Hall–Kier alpha value is -2.09. The Morgan fingerprint density at radius 3 is 2.00 bits per heavy atom. The maximum atomic E-state index is 12.1. The van der Waals surface area contributed by atoms with E-state index in [1.54, 1.807) is 0 Å². The lowest BCUT2D eigenvalue weighted by Crippen LogP contribution is -2.12. The molecular formula is C21H27NO. The third-order valence-corrected chi connectivity index (χ3v) is 4.13. The van der Waals surface area contributed by atoms with Gasteiger partial charge in [-0.25, -0.2) is 0 Å². The van der Waals surface area contributed by atoms with Crippen LogP contribution in [0.3, 0.4) is 0 Å². The van der Waals surface area contributed by atoms with Crippen LogP contribution in [0.25, 0.3) is 0 Å². The van der Waals surface area contributed by atoms with Crippen molar-refractivity contribution in [3.05, 3.63) is 65.2 Å². The zero-order valence-corrected chi connectivity index (χ0v) is 14.3. The Morgan fingerprint density at radius 2 is 1.39 bits per heavy atom. The summed E-state index contributed by atoms with van der Waals surface area (Å²) < 4.78 is 0. The van der Waals surface area contributed by atoms with Crippen LogP contribution in [0.15, 0.2) is 48.5 Å². The minimum atomic E-state index is 0.0749. The molecule has 23 heavy (non-hydrogen) atoms. The van der Waals surface area contributed by atoms with Gasteiger partial charge in [0, 0.05) is 12.1 Å². The molecule has 2 nitrogen and oxygen atoms in total. The van der Waals surface area contributed by atoms with Crippen LogP contribution in [0.1, 0.15) is 49.8 Å². The van der Waals surface area contributed by atoms with Crippen molar-refractivity contribution in [2.45, 2.75) is 52.4 Å². The van der Waals surface area contributed by atoms with E-state index in [1.165, 1.54) is 29.5 Å². The molecule has 0 saturated heterocycles. The molecule has 0 radical (unpaired) electrons. The number of amides is 1. The Kier molecular flexibility index (Phi) is 6.86. The third-order valence-electron chi connectivity index (χ3n) is 4.13. The first kappa shape index (κ1) is 17.3. The molecule has 0 heterocycles. The minimum Gasteiger partial charge on any atom is -0.326 e. The normalized spacial score (nSPS) is 10.5. The van der Waals surface area contributed by atoms with Crippen molar-refractivity contribution < 1.29 is 4.79 Å². The SMILES string of the molecule is CCCCc1ccc(NC(=O)CCc2ccc(CC)cc2)cc1. The fourth-order valence-electron chi connectivity index (χ4n) is 2.56. The first-order valence-corrected chi connectivity index (χ1v) is 8.68. The van der Waals surface area contributed by atoms with Crippen molar-refractivity contribution in [3.8, 4) is 0 Å². The van der Waals surface area contributed by atoms with E-state index in [1.807, 2.05) is 12.1 Å². The first-order valence-electron chi connectivity index (χ1n) is 8.68. The molecule has 2 aromatic carbocycles. The number of nitrogens with one attached hydrogen (secondary N) is 1. The number of benzene rings is 2. The van der Waals surface area contributed by atoms with Crippen molar-refractivity contribution in [2.24, 2.45) is 0 Å². The van der Waals surface area contributed by atoms with Gasteiger partial charge in [0.2, 0.25) is 5.91 Å². The fraction of sp³-hybridized carbons (Fsp3) is 0.381. The van der Waals surface area contributed by atoms with Gasteiger partial charge < -0.3 is 5.32 Å². The molecule has 0 aliphatic heterocycles. The van der Waals surface area contributed by atoms with Crippen molar-refractivity contribution in [2.75, 3.05) is 5.32 Å². The van der Waals surface area contributed by atoms with Gasteiger partial charge in [-0.1, -0.05) is 56.7 Å². The minimum absolute atomic E-state index is 0.0749. The molecule has 1 N–H and O–H groups in total. The summed E-state index contributed by atoms with van der Waals surface area (Å²) in [6.45, 7) is 4.35. The predicted octanol–water partition coefficient (Wildman–Crippen LogP) is 5.16. The van der Waals surface area contributed by atoms with Crippen LogP contribution < -0.4 is 5.32 Å². The van der Waals surface area contributed by atoms with Crippen molar-refractivity contribution in [1.29, 1.82) is 0 Å². The average Bonchev–Trinajstić information content (AvgIpc) is 2.60. The summed E-state index contributed by atoms with van der Waals surface area (Å²) in [4.78, 5) is 12.1. The number of anilines is 1. The smallest absolute Gasteiger partial charge is 0.224 e. The van der Waals surface area contributed by atoms with E-state index in [-0.39, 0.29) is 5.91 Å². The number of carbonyl (C=O) groups excluding carboxylic acids is 1. The van der Waals surface area contributed by atoms with Gasteiger partial charge in [0.1, 0.15) is 0 Å². The van der Waals surface area contributed by atoms with Gasteiger partial charge in [-0.2, -0.15) is 0 Å². The Morgan fingerprint density at radius 1 is 0.826 bits per heavy atom. The quantitative estimate of drug-likeness (QED) is 0.716. The highest BCUT2D eigenvalue weighted by Gasteiger charge is 2.04. The maximum Gasteiger partial charge on any atom is 0.224 e. The van der Waals surface area contributed by atoms with Gasteiger partial charge in [0.25, 0.3) is 0 Å². The standard InChI is InChI=1S/C21H27NO/c1-3-5-6-18-11-14-20(15-12-18)22-21(23)16-13-19-9-7-17(4-2)8-10-19/h7-12,14-15H,3-6,13,16H2,1-2H3,(H,22,23). The summed E-state index contributed by atoms with van der Waals surface area (Å²) in [5.41, 5.74) is 4.77. The molecule has 0 aliphatic carbocycles. The molecule has 0 saturated carbocycles. The summed E-state index contributed by atoms with van der Waals surface area (Å²) in [6.07, 6.45) is 5.88. The zero-order chi connectivity index (χ0) is 16.5. The van der Waals surface area contributed by atoms with Gasteiger partial charge in [0.15, 0.2) is 0 Å². The summed E-state index contributed by atoms with van der Waals surface area (Å²) in [6, 6.07) is 16.7. The summed E-state index contributed by atoms with van der Waals surface area (Å²) >= 11 is 0. The lowest BCUT2D eigenvalue weighted by atomic mass is 10.1. The number of rotatable bonds is 8. The molecule has 0 aromatic heterocycles. The summed E-state index contributed by atoms with van der Waals surface area (Å²) in [7, 11) is 0. The van der Waals surface area contributed by atoms with E-state index in [0.29, 0.717) is 6.42 Å². The van der Waals surface area contributed by atoms with Crippen LogP contribution in [-0.2, 0) is 24.1 Å². The van der Waals surface area contributed by atoms with Crippen LogP contribution in [0.4, 0.5) is 5.69 Å². The van der Waals surface area contributed by atoms with Gasteiger partial charge in [-0.3, -0.25) is 4.79 Å². The van der Waals surface area contributed by atoms with Crippen LogP contribution >= 0.6 is 0 Å². The molecule has 0 fully saturated rings. The molecule has 122 valence electrons. The molecule has 2 rings (SSSR count). The number of aryl methyl sites for hydroxylation is 3. The van der Waals surface area contributed by atoms with Crippen molar-refractivity contribution in [1.82, 2.24) is 0 Å². The molecule has 1 amide bonds. The second kappa shape index (κ2) is 9.14. The monoisotopic (exact) mass is 309 g/mol. The highest BCUT2D eigenvalue weighted by molar-refractivity contribution is 5.90. The Bertz CT molecular complexity index is 599. The van der Waals surface area contributed by atoms with Crippen molar-refractivity contribution in [3.63, 3.8) is 0 Å². The molecule has 0 spiro atoms. The summed E-state index contributed by atoms with van der Waals surface area (Å²) in [5.74, 6) is 0.0749. The Balaban J connectivity index is 1.79. The lowest BCUT2D eigenvalue weighted by Gasteiger charge is -2.07. The number of unbranched alkanes of at least 4 members (excludes halogenated alkanes) is 1. The maximum absolute atomic E-state index is 12.1. The van der Waals surface area contributed by atoms with E-state index in [4.69, 9.17) is 0 Å². The molecular weight excluding hydrogens is 282 g/mol. The molecule has 0 unspecified atom stereocenters. The highest BCUT2D eigenvalue weighted by Crippen LogP contribution is 2.13. The van der Waals surface area contributed by atoms with E-state index in [9.17, 15) is 4.79 Å². The molecule has 0 aliphatic rings. The molecule has 2 aromatic rings. The Labute approximate surface area is 139 Å². The molecule has 0 atom stereocenters. The van der Waals surface area contributed by atoms with Crippen LogP contribution in [0, 0.1) is 0 Å². The first-order chi connectivity index (χ1) is 11.2. The fourth-order valence-corrected chi connectivity index (χ4v) is 2.56. The number of hydrogen-bond acceptors (Lipinski definition) is 1. The summed E-state index contributed by atoms with van der Waals surface area (Å²) in [5, 5.41) is 2.98. The number of carbonyl (C=O) groups is 1. The predicted molar refractivity (Wildman–Crippen MR) is 97.8 cm³/mol.